The second-order valence-electron chi connectivity index (χ2n) is 4.42. The number of aldehydes is 1. The SMILES string of the molecule is CC1C(O)CC(O)(C=O)OC1C(O)C(O)CO. The van der Waals surface area contributed by atoms with Gasteiger partial charge in [-0.15, -0.1) is 0 Å². The molecule has 0 aromatic rings. The monoisotopic (exact) mass is 250 g/mol. The molecule has 7 nitrogen and oxygen atoms in total. The van der Waals surface area contributed by atoms with Crippen LogP contribution in [-0.2, 0) is 9.53 Å². The summed E-state index contributed by atoms with van der Waals surface area (Å²) in [4.78, 5) is 10.7. The van der Waals surface area contributed by atoms with Crippen LogP contribution in [0.5, 0.6) is 0 Å². The molecule has 6 unspecified atom stereocenters. The molecule has 5 N–H and O–H groups in total. The van der Waals surface area contributed by atoms with Crippen LogP contribution < -0.4 is 0 Å². The van der Waals surface area contributed by atoms with E-state index in [9.17, 15) is 25.2 Å². The molecule has 0 aliphatic carbocycles. The van der Waals surface area contributed by atoms with Crippen molar-refractivity contribution in [2.75, 3.05) is 6.61 Å². The van der Waals surface area contributed by atoms with Crippen LogP contribution in [-0.4, -0.2) is 68.6 Å². The van der Waals surface area contributed by atoms with E-state index >= 15 is 0 Å². The fourth-order valence-electron chi connectivity index (χ4n) is 1.88. The fraction of sp³-hybridized carbons (Fsp3) is 0.900. The van der Waals surface area contributed by atoms with E-state index in [4.69, 9.17) is 9.84 Å². The van der Waals surface area contributed by atoms with Gasteiger partial charge in [0.25, 0.3) is 0 Å². The molecule has 1 aliphatic rings. The van der Waals surface area contributed by atoms with Gasteiger partial charge in [-0.3, -0.25) is 4.79 Å². The molecule has 6 atom stereocenters. The molecule has 1 fully saturated rings. The maximum atomic E-state index is 10.7. The Morgan fingerprint density at radius 3 is 2.59 bits per heavy atom. The molecular weight excluding hydrogens is 232 g/mol. The molecule has 1 heterocycles. The zero-order valence-corrected chi connectivity index (χ0v) is 9.43. The number of hydrogen-bond acceptors (Lipinski definition) is 7. The summed E-state index contributed by atoms with van der Waals surface area (Å²) in [6.45, 7) is 0.858. The van der Waals surface area contributed by atoms with Crippen molar-refractivity contribution in [3.63, 3.8) is 0 Å². The van der Waals surface area contributed by atoms with Crippen molar-refractivity contribution >= 4 is 6.29 Å². The molecular formula is C10H18O7. The van der Waals surface area contributed by atoms with E-state index in [2.05, 4.69) is 0 Å². The summed E-state index contributed by atoms with van der Waals surface area (Å²) < 4.78 is 5.00. The van der Waals surface area contributed by atoms with Crippen molar-refractivity contribution in [3.05, 3.63) is 0 Å². The highest BCUT2D eigenvalue weighted by Gasteiger charge is 2.47. The van der Waals surface area contributed by atoms with Gasteiger partial charge in [-0.1, -0.05) is 6.92 Å². The predicted molar refractivity (Wildman–Crippen MR) is 54.8 cm³/mol. The van der Waals surface area contributed by atoms with Gasteiger partial charge >= 0.3 is 0 Å². The molecule has 100 valence electrons. The molecule has 0 aromatic heterocycles. The summed E-state index contributed by atoms with van der Waals surface area (Å²) in [7, 11) is 0. The Morgan fingerprint density at radius 1 is 1.53 bits per heavy atom. The third-order valence-corrected chi connectivity index (χ3v) is 3.07. The van der Waals surface area contributed by atoms with Gasteiger partial charge in [-0.05, 0) is 0 Å². The average molecular weight is 250 g/mol. The Bertz CT molecular complexity index is 271. The number of carbonyl (C=O) groups excluding carboxylic acids is 1. The molecule has 0 bridgehead atoms. The topological polar surface area (TPSA) is 127 Å². The molecule has 0 amide bonds. The van der Waals surface area contributed by atoms with E-state index in [0.717, 1.165) is 0 Å². The summed E-state index contributed by atoms with van der Waals surface area (Å²) in [5.74, 6) is -2.77. The average Bonchev–Trinajstić information content (AvgIpc) is 2.32. The van der Waals surface area contributed by atoms with Crippen LogP contribution in [0, 0.1) is 5.92 Å². The van der Waals surface area contributed by atoms with Crippen molar-refractivity contribution < 1.29 is 35.1 Å². The lowest BCUT2D eigenvalue weighted by Gasteiger charge is -2.43. The second-order valence-corrected chi connectivity index (χ2v) is 4.42. The summed E-state index contributed by atoms with van der Waals surface area (Å²) in [6.07, 6.45) is -5.33. The third-order valence-electron chi connectivity index (χ3n) is 3.07. The van der Waals surface area contributed by atoms with Crippen molar-refractivity contribution in [1.29, 1.82) is 0 Å². The smallest absolute Gasteiger partial charge is 0.226 e. The van der Waals surface area contributed by atoms with Gasteiger partial charge in [0.15, 0.2) is 6.29 Å². The van der Waals surface area contributed by atoms with Crippen molar-refractivity contribution in [2.45, 2.75) is 43.5 Å². The zero-order valence-electron chi connectivity index (χ0n) is 9.43. The number of hydrogen-bond donors (Lipinski definition) is 5. The van der Waals surface area contributed by atoms with Crippen LogP contribution in [0.4, 0.5) is 0 Å². The molecule has 1 rings (SSSR count). The summed E-state index contributed by atoms with van der Waals surface area (Å²) in [5.41, 5.74) is 0. The molecule has 0 saturated carbocycles. The first-order valence-electron chi connectivity index (χ1n) is 5.36. The first kappa shape index (κ1) is 14.5. The van der Waals surface area contributed by atoms with E-state index in [1.54, 1.807) is 6.92 Å². The normalized spacial score (nSPS) is 41.9. The molecule has 7 heteroatoms. The summed E-state index contributed by atoms with van der Waals surface area (Å²) >= 11 is 0. The largest absolute Gasteiger partial charge is 0.394 e. The minimum absolute atomic E-state index is 0.132. The number of aliphatic hydroxyl groups is 5. The fourth-order valence-corrected chi connectivity index (χ4v) is 1.88. The summed E-state index contributed by atoms with van der Waals surface area (Å²) in [6, 6.07) is 0. The zero-order chi connectivity index (χ0) is 13.2. The van der Waals surface area contributed by atoms with Crippen molar-refractivity contribution in [3.8, 4) is 0 Å². The quantitative estimate of drug-likeness (QED) is 0.345. The molecule has 0 aromatic carbocycles. The minimum atomic E-state index is -2.17. The summed E-state index contributed by atoms with van der Waals surface area (Å²) in [5, 5.41) is 47.0. The highest BCUT2D eigenvalue weighted by atomic mass is 16.6. The van der Waals surface area contributed by atoms with Crippen LogP contribution in [0.25, 0.3) is 0 Å². The molecule has 1 aliphatic heterocycles. The van der Waals surface area contributed by atoms with Gasteiger partial charge in [0.2, 0.25) is 5.79 Å². The van der Waals surface area contributed by atoms with Crippen LogP contribution in [0.2, 0.25) is 0 Å². The Kier molecular flexibility index (Phi) is 4.59. The van der Waals surface area contributed by atoms with E-state index in [0.29, 0.717) is 0 Å². The molecule has 1 saturated heterocycles. The Balaban J connectivity index is 2.85. The number of rotatable bonds is 4. The van der Waals surface area contributed by atoms with Crippen LogP contribution in [0.3, 0.4) is 0 Å². The van der Waals surface area contributed by atoms with Gasteiger partial charge in [0, 0.05) is 12.3 Å². The minimum Gasteiger partial charge on any atom is -0.394 e. The van der Waals surface area contributed by atoms with Crippen molar-refractivity contribution in [1.82, 2.24) is 0 Å². The molecule has 17 heavy (non-hydrogen) atoms. The second kappa shape index (κ2) is 5.38. The first-order valence-corrected chi connectivity index (χ1v) is 5.36. The standard InChI is InChI=1S/C10H18O7/c1-5-6(13)2-10(16,4-12)17-9(5)8(15)7(14)3-11/h4-9,11,13-16H,2-3H2,1H3. The number of ether oxygens (including phenoxy) is 1. The third kappa shape index (κ3) is 3.01. The van der Waals surface area contributed by atoms with Crippen LogP contribution in [0.1, 0.15) is 13.3 Å². The Hall–Kier alpha value is -0.570. The van der Waals surface area contributed by atoms with E-state index in [1.807, 2.05) is 0 Å². The predicted octanol–water partition coefficient (Wildman–Crippen LogP) is -2.63. The lowest BCUT2D eigenvalue weighted by atomic mass is 9.85. The number of aliphatic hydroxyl groups excluding tert-OH is 4. The highest BCUT2D eigenvalue weighted by molar-refractivity contribution is 5.60. The van der Waals surface area contributed by atoms with E-state index in [1.165, 1.54) is 0 Å². The number of carbonyl (C=O) groups is 1. The maximum Gasteiger partial charge on any atom is 0.226 e. The van der Waals surface area contributed by atoms with Gasteiger partial charge in [0.1, 0.15) is 12.2 Å². The molecule has 0 spiro atoms. The van der Waals surface area contributed by atoms with Gasteiger partial charge in [-0.2, -0.15) is 0 Å². The Morgan fingerprint density at radius 2 is 2.12 bits per heavy atom. The van der Waals surface area contributed by atoms with Crippen LogP contribution in [0.15, 0.2) is 0 Å². The lowest BCUT2D eigenvalue weighted by molar-refractivity contribution is -0.287. The van der Waals surface area contributed by atoms with Gasteiger partial charge < -0.3 is 30.3 Å². The molecule has 0 radical (unpaired) electrons. The lowest BCUT2D eigenvalue weighted by Crippen LogP contribution is -2.58. The van der Waals surface area contributed by atoms with Crippen molar-refractivity contribution in [2.24, 2.45) is 5.92 Å². The van der Waals surface area contributed by atoms with E-state index in [-0.39, 0.29) is 12.7 Å². The van der Waals surface area contributed by atoms with Gasteiger partial charge in [-0.25, -0.2) is 0 Å². The highest BCUT2D eigenvalue weighted by Crippen LogP contribution is 2.32. The van der Waals surface area contributed by atoms with Gasteiger partial charge in [0.05, 0.1) is 18.8 Å². The Labute approximate surface area is 98.3 Å². The first-order chi connectivity index (χ1) is 7.84. The van der Waals surface area contributed by atoms with Crippen LogP contribution >= 0.6 is 0 Å². The maximum absolute atomic E-state index is 10.7. The van der Waals surface area contributed by atoms with E-state index < -0.39 is 42.7 Å².